The molecule has 0 aromatic carbocycles. The zero-order valence-electron chi connectivity index (χ0n) is 13.0. The molecule has 2 heterocycles. The van der Waals surface area contributed by atoms with Gasteiger partial charge in [0.2, 0.25) is 0 Å². The van der Waals surface area contributed by atoms with Crippen molar-refractivity contribution < 1.29 is 9.59 Å². The first-order chi connectivity index (χ1) is 9.23. The summed E-state index contributed by atoms with van der Waals surface area (Å²) >= 11 is 0. The van der Waals surface area contributed by atoms with Crippen molar-refractivity contribution in [2.24, 2.45) is 14.1 Å². The molecule has 20 heavy (non-hydrogen) atoms. The quantitative estimate of drug-likeness (QED) is 0.790. The molecule has 0 atom stereocenters. The molecule has 0 aliphatic carbocycles. The fourth-order valence-electron chi connectivity index (χ4n) is 2.05. The molecule has 0 unspecified atom stereocenters. The highest BCUT2D eigenvalue weighted by Gasteiger charge is 2.04. The molecule has 2 aromatic heterocycles. The predicted octanol–water partition coefficient (Wildman–Crippen LogP) is 3.07. The summed E-state index contributed by atoms with van der Waals surface area (Å²) in [6, 6.07) is 5.68. The maximum Gasteiger partial charge on any atom is 0.176 e. The van der Waals surface area contributed by atoms with Crippen LogP contribution in [0.4, 0.5) is 0 Å². The molecule has 108 valence electrons. The number of aromatic nitrogens is 2. The highest BCUT2D eigenvalue weighted by Crippen LogP contribution is 2.06. The van der Waals surface area contributed by atoms with Gasteiger partial charge in [-0.3, -0.25) is 9.59 Å². The predicted molar refractivity (Wildman–Crippen MR) is 80.3 cm³/mol. The van der Waals surface area contributed by atoms with E-state index in [4.69, 9.17) is 0 Å². The molecule has 0 radical (unpaired) electrons. The lowest BCUT2D eigenvalue weighted by Gasteiger charge is -1.99. The molecule has 2 rings (SSSR count). The number of nitrogens with zero attached hydrogens (tertiary/aromatic N) is 2. The van der Waals surface area contributed by atoms with E-state index < -0.39 is 0 Å². The van der Waals surface area contributed by atoms with Gasteiger partial charge in [0, 0.05) is 39.8 Å². The standard InChI is InChI=1S/2C8H11NO/c1-6-4-8(7(2)10)9(3)5-6;1-6-4-5-8(7(2)10)9(6)3/h2*4-5H,1-3H3. The number of rotatable bonds is 2. The van der Waals surface area contributed by atoms with Gasteiger partial charge in [-0.2, -0.15) is 0 Å². The minimum absolute atomic E-state index is 0.121. The van der Waals surface area contributed by atoms with Crippen LogP contribution in [0.25, 0.3) is 0 Å². The molecule has 0 amide bonds. The van der Waals surface area contributed by atoms with Crippen molar-refractivity contribution in [2.75, 3.05) is 0 Å². The van der Waals surface area contributed by atoms with Gasteiger partial charge in [-0.25, -0.2) is 0 Å². The molecular formula is C16H22N2O2. The molecular weight excluding hydrogens is 252 g/mol. The number of hydrogen-bond acceptors (Lipinski definition) is 2. The summed E-state index contributed by atoms with van der Waals surface area (Å²) < 4.78 is 3.74. The van der Waals surface area contributed by atoms with Crippen molar-refractivity contribution in [3.05, 3.63) is 47.0 Å². The second kappa shape index (κ2) is 6.37. The van der Waals surface area contributed by atoms with Gasteiger partial charge >= 0.3 is 0 Å². The maximum atomic E-state index is 10.9. The SMILES string of the molecule is CC(=O)c1cc(C)cn1C.CC(=O)c1ccc(C)n1C. The van der Waals surface area contributed by atoms with Gasteiger partial charge in [0.05, 0.1) is 11.4 Å². The van der Waals surface area contributed by atoms with Crippen molar-refractivity contribution in [1.29, 1.82) is 0 Å². The zero-order valence-corrected chi connectivity index (χ0v) is 13.0. The van der Waals surface area contributed by atoms with Gasteiger partial charge < -0.3 is 9.13 Å². The Morgan fingerprint density at radius 2 is 1.50 bits per heavy atom. The van der Waals surface area contributed by atoms with Crippen molar-refractivity contribution in [2.45, 2.75) is 27.7 Å². The molecule has 0 saturated carbocycles. The van der Waals surface area contributed by atoms with Crippen LogP contribution in [-0.4, -0.2) is 20.7 Å². The Balaban J connectivity index is 0.000000200. The number of aryl methyl sites for hydroxylation is 3. The Morgan fingerprint density at radius 3 is 1.70 bits per heavy atom. The highest BCUT2D eigenvalue weighted by molar-refractivity contribution is 5.93. The minimum atomic E-state index is 0.121. The first-order valence-electron chi connectivity index (χ1n) is 6.51. The van der Waals surface area contributed by atoms with Crippen LogP contribution in [-0.2, 0) is 14.1 Å². The number of Topliss-reactive ketones (excluding diaryl/α,β-unsaturated/α-hetero) is 2. The van der Waals surface area contributed by atoms with Crippen LogP contribution in [0.2, 0.25) is 0 Å². The summed E-state index contributed by atoms with van der Waals surface area (Å²) in [5.74, 6) is 0.242. The Bertz CT molecular complexity index is 621. The number of carbonyl (C=O) groups is 2. The van der Waals surface area contributed by atoms with E-state index in [1.54, 1.807) is 13.8 Å². The Kier molecular flexibility index (Phi) is 5.08. The summed E-state index contributed by atoms with van der Waals surface area (Å²) in [5, 5.41) is 0. The largest absolute Gasteiger partial charge is 0.348 e. The lowest BCUT2D eigenvalue weighted by atomic mass is 10.3. The topological polar surface area (TPSA) is 44.0 Å². The van der Waals surface area contributed by atoms with Crippen molar-refractivity contribution >= 4 is 11.6 Å². The van der Waals surface area contributed by atoms with E-state index in [2.05, 4.69) is 0 Å². The Morgan fingerprint density at radius 1 is 0.950 bits per heavy atom. The zero-order chi connectivity index (χ0) is 15.4. The second-order valence-corrected chi connectivity index (χ2v) is 5.04. The van der Waals surface area contributed by atoms with Gasteiger partial charge in [-0.05, 0) is 37.6 Å². The summed E-state index contributed by atoms with van der Waals surface area (Å²) in [4.78, 5) is 21.7. The molecule has 4 nitrogen and oxygen atoms in total. The summed E-state index contributed by atoms with van der Waals surface area (Å²) in [6.45, 7) is 7.11. The van der Waals surface area contributed by atoms with Crippen LogP contribution < -0.4 is 0 Å². The first kappa shape index (κ1) is 16.0. The number of carbonyl (C=O) groups excluding carboxylic acids is 2. The molecule has 0 N–H and O–H groups in total. The minimum Gasteiger partial charge on any atom is -0.348 e. The smallest absolute Gasteiger partial charge is 0.176 e. The van der Waals surface area contributed by atoms with E-state index in [0.717, 1.165) is 22.6 Å². The second-order valence-electron chi connectivity index (χ2n) is 5.04. The van der Waals surface area contributed by atoms with Gasteiger partial charge in [-0.1, -0.05) is 0 Å². The molecule has 0 aliphatic rings. The lowest BCUT2D eigenvalue weighted by molar-refractivity contribution is 0.0997. The molecule has 2 aromatic rings. The van der Waals surface area contributed by atoms with Gasteiger partial charge in [0.15, 0.2) is 11.6 Å². The molecule has 0 saturated heterocycles. The summed E-state index contributed by atoms with van der Waals surface area (Å²) in [7, 11) is 3.77. The number of hydrogen-bond donors (Lipinski definition) is 0. The normalized spacial score (nSPS) is 9.90. The van der Waals surface area contributed by atoms with Gasteiger partial charge in [-0.15, -0.1) is 0 Å². The average molecular weight is 274 g/mol. The molecule has 0 fully saturated rings. The van der Waals surface area contributed by atoms with Crippen LogP contribution in [0.15, 0.2) is 24.4 Å². The van der Waals surface area contributed by atoms with E-state index in [9.17, 15) is 9.59 Å². The van der Waals surface area contributed by atoms with Crippen LogP contribution >= 0.6 is 0 Å². The Labute approximate surface area is 120 Å². The summed E-state index contributed by atoms with van der Waals surface area (Å²) in [6.07, 6.45) is 1.94. The number of ketones is 2. The van der Waals surface area contributed by atoms with Crippen molar-refractivity contribution in [3.63, 3.8) is 0 Å². The van der Waals surface area contributed by atoms with Crippen molar-refractivity contribution in [1.82, 2.24) is 9.13 Å². The van der Waals surface area contributed by atoms with Gasteiger partial charge in [0.1, 0.15) is 0 Å². The molecule has 0 bridgehead atoms. The molecule has 0 spiro atoms. The van der Waals surface area contributed by atoms with E-state index in [1.165, 1.54) is 0 Å². The van der Waals surface area contributed by atoms with Crippen molar-refractivity contribution in [3.8, 4) is 0 Å². The monoisotopic (exact) mass is 274 g/mol. The molecule has 4 heteroatoms. The maximum absolute atomic E-state index is 10.9. The Hall–Kier alpha value is -2.10. The van der Waals surface area contributed by atoms with Crippen LogP contribution in [0, 0.1) is 13.8 Å². The summed E-state index contributed by atoms with van der Waals surface area (Å²) in [5.41, 5.74) is 3.80. The van der Waals surface area contributed by atoms with E-state index in [0.29, 0.717) is 0 Å². The van der Waals surface area contributed by atoms with E-state index in [-0.39, 0.29) is 11.6 Å². The van der Waals surface area contributed by atoms with E-state index >= 15 is 0 Å². The third-order valence-corrected chi connectivity index (χ3v) is 3.24. The van der Waals surface area contributed by atoms with E-state index in [1.807, 2.05) is 61.5 Å². The average Bonchev–Trinajstić information content (AvgIpc) is 2.84. The third-order valence-electron chi connectivity index (χ3n) is 3.24. The highest BCUT2D eigenvalue weighted by atomic mass is 16.1. The van der Waals surface area contributed by atoms with Crippen LogP contribution in [0.3, 0.4) is 0 Å². The first-order valence-corrected chi connectivity index (χ1v) is 6.51. The third kappa shape index (κ3) is 3.70. The fourth-order valence-corrected chi connectivity index (χ4v) is 2.05. The van der Waals surface area contributed by atoms with Crippen LogP contribution in [0.5, 0.6) is 0 Å². The lowest BCUT2D eigenvalue weighted by Crippen LogP contribution is -2.02. The van der Waals surface area contributed by atoms with Crippen LogP contribution in [0.1, 0.15) is 46.1 Å². The molecule has 0 aliphatic heterocycles. The fraction of sp³-hybridized carbons (Fsp3) is 0.375. The van der Waals surface area contributed by atoms with Gasteiger partial charge in [0.25, 0.3) is 0 Å².